The van der Waals surface area contributed by atoms with Gasteiger partial charge < -0.3 is 15.4 Å². The van der Waals surface area contributed by atoms with Crippen molar-refractivity contribution >= 4 is 32.9 Å². The number of rotatable bonds is 7. The summed E-state index contributed by atoms with van der Waals surface area (Å²) in [4.78, 5) is 11.8. The van der Waals surface area contributed by atoms with Gasteiger partial charge in [0.25, 0.3) is 0 Å². The van der Waals surface area contributed by atoms with Crippen LogP contribution in [0.3, 0.4) is 0 Å². The Balaban J connectivity index is 1.48. The van der Waals surface area contributed by atoms with Crippen LogP contribution in [0.2, 0.25) is 0 Å². The molecule has 3 aromatic rings. The van der Waals surface area contributed by atoms with Crippen molar-refractivity contribution in [1.29, 1.82) is 0 Å². The molecule has 1 aromatic carbocycles. The Bertz CT molecular complexity index is 1030. The highest BCUT2D eigenvalue weighted by atomic mass is 32.2. The molecule has 0 fully saturated rings. The molecule has 0 aliphatic carbocycles. The van der Waals surface area contributed by atoms with Crippen molar-refractivity contribution in [1.82, 2.24) is 14.9 Å². The summed E-state index contributed by atoms with van der Waals surface area (Å²) in [5.41, 5.74) is 1.78. The number of amides is 2. The highest BCUT2D eigenvalue weighted by Gasteiger charge is 2.12. The van der Waals surface area contributed by atoms with Gasteiger partial charge in [0.1, 0.15) is 5.75 Å². The summed E-state index contributed by atoms with van der Waals surface area (Å²) >= 11 is 0. The number of carbonyl (C=O) groups excluding carboxylic acids is 1. The van der Waals surface area contributed by atoms with Gasteiger partial charge in [-0.15, -0.1) is 0 Å². The van der Waals surface area contributed by atoms with Crippen LogP contribution in [-0.4, -0.2) is 43.5 Å². The normalized spacial score (nSPS) is 11.1. The quantitative estimate of drug-likeness (QED) is 0.571. The lowest BCUT2D eigenvalue weighted by molar-refractivity contribution is 0.252. The van der Waals surface area contributed by atoms with Crippen molar-refractivity contribution in [2.45, 2.75) is 0 Å². The molecule has 2 amide bonds. The zero-order chi connectivity index (χ0) is 19.3. The number of benzene rings is 1. The first kappa shape index (κ1) is 18.5. The number of methoxy groups -OCH3 is 1. The molecule has 0 saturated carbocycles. The van der Waals surface area contributed by atoms with Gasteiger partial charge in [-0.05, 0) is 42.5 Å². The molecular formula is C17H19N5O4S. The number of carbonyl (C=O) groups is 1. The van der Waals surface area contributed by atoms with Gasteiger partial charge in [0.15, 0.2) is 0 Å². The summed E-state index contributed by atoms with van der Waals surface area (Å²) in [7, 11) is -2.05. The molecule has 2 aromatic heterocycles. The number of anilines is 2. The van der Waals surface area contributed by atoms with Crippen molar-refractivity contribution in [3.8, 4) is 5.75 Å². The van der Waals surface area contributed by atoms with Crippen LogP contribution in [-0.2, 0) is 10.0 Å². The average molecular weight is 389 g/mol. The van der Waals surface area contributed by atoms with E-state index in [1.165, 1.54) is 0 Å². The van der Waals surface area contributed by atoms with Crippen LogP contribution in [0, 0.1) is 0 Å². The molecule has 0 atom stereocenters. The van der Waals surface area contributed by atoms with Gasteiger partial charge in [0, 0.05) is 24.6 Å². The van der Waals surface area contributed by atoms with E-state index in [1.807, 2.05) is 0 Å². The molecule has 0 aliphatic rings. The van der Waals surface area contributed by atoms with Gasteiger partial charge in [0.05, 0.1) is 24.1 Å². The van der Waals surface area contributed by atoms with Crippen molar-refractivity contribution in [2.75, 3.05) is 29.4 Å². The second-order valence-electron chi connectivity index (χ2n) is 5.65. The number of ether oxygens (including phenoxy) is 1. The molecule has 0 bridgehead atoms. The lowest BCUT2D eigenvalue weighted by atomic mass is 10.3. The molecule has 0 spiro atoms. The molecule has 3 rings (SSSR count). The monoisotopic (exact) mass is 389 g/mol. The molecule has 3 N–H and O–H groups in total. The molecule has 2 heterocycles. The Morgan fingerprint density at radius 3 is 2.67 bits per heavy atom. The predicted molar refractivity (Wildman–Crippen MR) is 103 cm³/mol. The average Bonchev–Trinajstić information content (AvgIpc) is 3.09. The highest BCUT2D eigenvalue weighted by molar-refractivity contribution is 7.92. The van der Waals surface area contributed by atoms with E-state index in [4.69, 9.17) is 4.74 Å². The Kier molecular flexibility index (Phi) is 5.46. The van der Waals surface area contributed by atoms with E-state index in [0.29, 0.717) is 17.1 Å². The fourth-order valence-corrected chi connectivity index (χ4v) is 3.32. The molecule has 27 heavy (non-hydrogen) atoms. The van der Waals surface area contributed by atoms with Crippen LogP contribution in [0.25, 0.3) is 5.52 Å². The first-order valence-corrected chi connectivity index (χ1v) is 9.73. The summed E-state index contributed by atoms with van der Waals surface area (Å²) in [5, 5.41) is 9.18. The Morgan fingerprint density at radius 1 is 1.15 bits per heavy atom. The fraction of sp³-hybridized carbons (Fsp3) is 0.176. The van der Waals surface area contributed by atoms with Crippen LogP contribution in [0.1, 0.15) is 0 Å². The van der Waals surface area contributed by atoms with E-state index in [2.05, 4.69) is 20.5 Å². The van der Waals surface area contributed by atoms with Gasteiger partial charge in [-0.1, -0.05) is 0 Å². The SMILES string of the molecule is COc1ccc(NC(=O)NCCS(=O)(=O)Nc2ccn3nccc3c2)cc1. The number of nitrogens with zero attached hydrogens (tertiary/aromatic N) is 2. The van der Waals surface area contributed by atoms with Crippen LogP contribution in [0.5, 0.6) is 5.75 Å². The smallest absolute Gasteiger partial charge is 0.319 e. The number of hydrogen-bond donors (Lipinski definition) is 3. The number of urea groups is 1. The molecule has 0 aliphatic heterocycles. The number of hydrogen-bond acceptors (Lipinski definition) is 5. The van der Waals surface area contributed by atoms with Crippen molar-refractivity contribution in [2.24, 2.45) is 0 Å². The molecule has 142 valence electrons. The molecular weight excluding hydrogens is 370 g/mol. The van der Waals surface area contributed by atoms with Gasteiger partial charge in [-0.25, -0.2) is 17.7 Å². The maximum atomic E-state index is 12.2. The van der Waals surface area contributed by atoms with Crippen LogP contribution < -0.4 is 20.1 Å². The van der Waals surface area contributed by atoms with Gasteiger partial charge >= 0.3 is 6.03 Å². The largest absolute Gasteiger partial charge is 0.497 e. The van der Waals surface area contributed by atoms with Gasteiger partial charge in [0.2, 0.25) is 10.0 Å². The summed E-state index contributed by atoms with van der Waals surface area (Å²) < 4.78 is 33.5. The Hall–Kier alpha value is -3.27. The number of aromatic nitrogens is 2. The summed E-state index contributed by atoms with van der Waals surface area (Å²) in [5.74, 6) is 0.417. The summed E-state index contributed by atoms with van der Waals surface area (Å²) in [6, 6.07) is 11.4. The summed E-state index contributed by atoms with van der Waals surface area (Å²) in [6.45, 7) is -0.0355. The lowest BCUT2D eigenvalue weighted by Gasteiger charge is -2.10. The van der Waals surface area contributed by atoms with E-state index in [1.54, 1.807) is 66.5 Å². The molecule has 0 radical (unpaired) electrons. The Morgan fingerprint density at radius 2 is 1.93 bits per heavy atom. The first-order valence-electron chi connectivity index (χ1n) is 8.08. The number of pyridine rings is 1. The third kappa shape index (κ3) is 5.11. The zero-order valence-electron chi connectivity index (χ0n) is 14.5. The van der Waals surface area contributed by atoms with E-state index >= 15 is 0 Å². The fourth-order valence-electron chi connectivity index (χ4n) is 2.36. The molecule has 10 heteroatoms. The van der Waals surface area contributed by atoms with E-state index in [0.717, 1.165) is 5.52 Å². The Labute approximate surface area is 156 Å². The van der Waals surface area contributed by atoms with Crippen LogP contribution in [0.4, 0.5) is 16.2 Å². The number of sulfonamides is 1. The third-order valence-corrected chi connectivity index (χ3v) is 4.97. The minimum Gasteiger partial charge on any atom is -0.497 e. The predicted octanol–water partition coefficient (Wildman–Crippen LogP) is 1.91. The maximum absolute atomic E-state index is 12.2. The second-order valence-corrected chi connectivity index (χ2v) is 7.49. The second kappa shape index (κ2) is 7.96. The minimum atomic E-state index is -3.60. The standard InChI is InChI=1S/C17H19N5O4S/c1-26-16-4-2-13(3-5-16)20-17(23)18-9-11-27(24,25)21-14-7-10-22-15(12-14)6-8-19-22/h2-8,10,12,21H,9,11H2,1H3,(H2,18,20,23). The minimum absolute atomic E-state index is 0.0355. The number of nitrogens with one attached hydrogen (secondary N) is 3. The topological polar surface area (TPSA) is 114 Å². The molecule has 0 saturated heterocycles. The number of fused-ring (bicyclic) bond motifs is 1. The maximum Gasteiger partial charge on any atom is 0.319 e. The van der Waals surface area contributed by atoms with E-state index in [-0.39, 0.29) is 12.3 Å². The van der Waals surface area contributed by atoms with Crippen molar-refractivity contribution in [3.63, 3.8) is 0 Å². The van der Waals surface area contributed by atoms with Crippen molar-refractivity contribution in [3.05, 3.63) is 54.9 Å². The van der Waals surface area contributed by atoms with Crippen molar-refractivity contribution < 1.29 is 17.9 Å². The van der Waals surface area contributed by atoms with E-state index in [9.17, 15) is 13.2 Å². The van der Waals surface area contributed by atoms with E-state index < -0.39 is 16.1 Å². The summed E-state index contributed by atoms with van der Waals surface area (Å²) in [6.07, 6.45) is 3.28. The highest BCUT2D eigenvalue weighted by Crippen LogP contribution is 2.15. The lowest BCUT2D eigenvalue weighted by Crippen LogP contribution is -2.34. The van der Waals surface area contributed by atoms with Crippen LogP contribution >= 0.6 is 0 Å². The van der Waals surface area contributed by atoms with Gasteiger partial charge in [-0.3, -0.25) is 4.72 Å². The molecule has 0 unspecified atom stereocenters. The van der Waals surface area contributed by atoms with Gasteiger partial charge in [-0.2, -0.15) is 5.10 Å². The molecule has 9 nitrogen and oxygen atoms in total. The zero-order valence-corrected chi connectivity index (χ0v) is 15.4. The first-order chi connectivity index (χ1) is 12.9. The third-order valence-electron chi connectivity index (χ3n) is 3.68. The van der Waals surface area contributed by atoms with Crippen LogP contribution in [0.15, 0.2) is 54.9 Å².